The predicted octanol–water partition coefficient (Wildman–Crippen LogP) is 6.66. The lowest BCUT2D eigenvalue weighted by Crippen LogP contribution is -2.06. The maximum atomic E-state index is 6.55. The highest BCUT2D eigenvalue weighted by atomic mass is 79.9. The molecule has 0 saturated carbocycles. The Labute approximate surface area is 120 Å². The summed E-state index contributed by atoms with van der Waals surface area (Å²) in [5.74, 6) is 0.568. The molecular weight excluding hydrogens is 327 g/mol. The summed E-state index contributed by atoms with van der Waals surface area (Å²) in [4.78, 5) is 1.19. The number of halogens is 3. The molecule has 0 bridgehead atoms. The van der Waals surface area contributed by atoms with Crippen LogP contribution in [-0.2, 0) is 0 Å². The average Bonchev–Trinajstić information content (AvgIpc) is 2.58. The first-order valence-electron chi connectivity index (χ1n) is 5.68. The second-order valence-electron chi connectivity index (χ2n) is 4.01. The van der Waals surface area contributed by atoms with Gasteiger partial charge in [-0.1, -0.05) is 38.3 Å². The highest BCUT2D eigenvalue weighted by Crippen LogP contribution is 2.42. The van der Waals surface area contributed by atoms with Crippen molar-refractivity contribution in [1.29, 1.82) is 0 Å². The minimum Gasteiger partial charge on any atom is -0.126 e. The first-order chi connectivity index (χ1) is 7.60. The largest absolute Gasteiger partial charge is 0.126 e. The molecule has 1 aromatic rings. The van der Waals surface area contributed by atoms with Crippen LogP contribution in [0.4, 0.5) is 0 Å². The minimum absolute atomic E-state index is 0.105. The molecule has 0 fully saturated rings. The van der Waals surface area contributed by atoms with Crippen molar-refractivity contribution in [2.75, 3.05) is 0 Å². The maximum absolute atomic E-state index is 6.55. The van der Waals surface area contributed by atoms with Crippen LogP contribution in [0.5, 0.6) is 0 Å². The SMILES string of the molecule is CCCC(CCC)C(Cl)c1cc(Br)c(Cl)s1. The van der Waals surface area contributed by atoms with Crippen LogP contribution < -0.4 is 0 Å². The Hall–Kier alpha value is 0.760. The van der Waals surface area contributed by atoms with Crippen LogP contribution in [0.3, 0.4) is 0 Å². The lowest BCUT2D eigenvalue weighted by Gasteiger charge is -2.20. The third kappa shape index (κ3) is 3.90. The van der Waals surface area contributed by atoms with E-state index in [0.717, 1.165) is 8.81 Å². The summed E-state index contributed by atoms with van der Waals surface area (Å²) >= 11 is 17.6. The number of rotatable bonds is 6. The molecule has 1 unspecified atom stereocenters. The molecule has 0 saturated heterocycles. The number of hydrogen-bond donors (Lipinski definition) is 0. The Morgan fingerprint density at radius 2 is 1.88 bits per heavy atom. The van der Waals surface area contributed by atoms with E-state index in [9.17, 15) is 0 Å². The van der Waals surface area contributed by atoms with Crippen molar-refractivity contribution in [2.45, 2.75) is 44.9 Å². The molecule has 0 aromatic carbocycles. The van der Waals surface area contributed by atoms with Crippen LogP contribution in [0.2, 0.25) is 4.34 Å². The van der Waals surface area contributed by atoms with Crippen molar-refractivity contribution < 1.29 is 0 Å². The molecule has 0 aliphatic heterocycles. The first-order valence-corrected chi connectivity index (χ1v) is 8.11. The zero-order valence-corrected chi connectivity index (χ0v) is 13.5. The van der Waals surface area contributed by atoms with E-state index >= 15 is 0 Å². The van der Waals surface area contributed by atoms with Crippen LogP contribution in [0.25, 0.3) is 0 Å². The monoisotopic (exact) mass is 342 g/mol. The van der Waals surface area contributed by atoms with Crippen molar-refractivity contribution in [2.24, 2.45) is 5.92 Å². The van der Waals surface area contributed by atoms with E-state index in [-0.39, 0.29) is 5.38 Å². The zero-order valence-electron chi connectivity index (χ0n) is 9.60. The molecule has 92 valence electrons. The van der Waals surface area contributed by atoms with Gasteiger partial charge in [0.15, 0.2) is 0 Å². The van der Waals surface area contributed by atoms with E-state index in [4.69, 9.17) is 23.2 Å². The summed E-state index contributed by atoms with van der Waals surface area (Å²) in [6, 6.07) is 2.06. The van der Waals surface area contributed by atoms with E-state index in [1.165, 1.54) is 30.6 Å². The molecular formula is C12H17BrCl2S. The van der Waals surface area contributed by atoms with Crippen molar-refractivity contribution in [1.82, 2.24) is 0 Å². The first kappa shape index (κ1) is 14.8. The highest BCUT2D eigenvalue weighted by molar-refractivity contribution is 9.10. The number of alkyl halides is 1. The molecule has 1 atom stereocenters. The van der Waals surface area contributed by atoms with Crippen LogP contribution >= 0.6 is 50.5 Å². The summed E-state index contributed by atoms with van der Waals surface area (Å²) in [5.41, 5.74) is 0. The van der Waals surface area contributed by atoms with Crippen LogP contribution in [0.1, 0.15) is 49.8 Å². The topological polar surface area (TPSA) is 0 Å². The van der Waals surface area contributed by atoms with Gasteiger partial charge in [0.25, 0.3) is 0 Å². The summed E-state index contributed by atoms with van der Waals surface area (Å²) in [5, 5.41) is 0.105. The van der Waals surface area contributed by atoms with Crippen molar-refractivity contribution in [3.05, 3.63) is 19.8 Å². The normalized spacial score (nSPS) is 13.4. The zero-order chi connectivity index (χ0) is 12.1. The Balaban J connectivity index is 2.76. The van der Waals surface area contributed by atoms with Crippen LogP contribution in [0, 0.1) is 5.92 Å². The summed E-state index contributed by atoms with van der Waals surface area (Å²) in [6.07, 6.45) is 4.76. The van der Waals surface area contributed by atoms with Crippen molar-refractivity contribution >= 4 is 50.5 Å². The maximum Gasteiger partial charge on any atom is 0.107 e. The summed E-state index contributed by atoms with van der Waals surface area (Å²) in [6.45, 7) is 4.42. The highest BCUT2D eigenvalue weighted by Gasteiger charge is 2.22. The smallest absolute Gasteiger partial charge is 0.107 e. The van der Waals surface area contributed by atoms with Gasteiger partial charge in [0.05, 0.1) is 5.38 Å². The fourth-order valence-electron chi connectivity index (χ4n) is 1.91. The van der Waals surface area contributed by atoms with Crippen molar-refractivity contribution in [3.8, 4) is 0 Å². The summed E-state index contributed by atoms with van der Waals surface area (Å²) < 4.78 is 1.76. The van der Waals surface area contributed by atoms with Gasteiger partial charge in [0, 0.05) is 9.35 Å². The number of thiophene rings is 1. The Kier molecular flexibility index (Phi) is 6.72. The Bertz CT molecular complexity index is 299. The quantitative estimate of drug-likeness (QED) is 0.506. The van der Waals surface area contributed by atoms with Gasteiger partial charge in [-0.2, -0.15) is 0 Å². The minimum atomic E-state index is 0.105. The summed E-state index contributed by atoms with van der Waals surface area (Å²) in [7, 11) is 0. The Morgan fingerprint density at radius 3 is 2.25 bits per heavy atom. The Morgan fingerprint density at radius 1 is 1.31 bits per heavy atom. The van der Waals surface area contributed by atoms with E-state index in [1.807, 2.05) is 0 Å². The molecule has 1 heterocycles. The van der Waals surface area contributed by atoms with E-state index in [0.29, 0.717) is 5.92 Å². The molecule has 0 radical (unpaired) electrons. The van der Waals surface area contributed by atoms with Gasteiger partial charge >= 0.3 is 0 Å². The molecule has 0 aliphatic carbocycles. The fraction of sp³-hybridized carbons (Fsp3) is 0.667. The number of hydrogen-bond acceptors (Lipinski definition) is 1. The molecule has 1 rings (SSSR count). The molecule has 0 aliphatic rings. The van der Waals surface area contributed by atoms with Gasteiger partial charge in [0.2, 0.25) is 0 Å². The lowest BCUT2D eigenvalue weighted by atomic mass is 9.94. The van der Waals surface area contributed by atoms with Gasteiger partial charge < -0.3 is 0 Å². The third-order valence-corrected chi connectivity index (χ3v) is 5.95. The fourth-order valence-corrected chi connectivity index (χ4v) is 4.17. The van der Waals surface area contributed by atoms with Gasteiger partial charge in [-0.25, -0.2) is 0 Å². The van der Waals surface area contributed by atoms with Gasteiger partial charge in [0.1, 0.15) is 4.34 Å². The average molecular weight is 344 g/mol. The third-order valence-electron chi connectivity index (χ3n) is 2.67. The lowest BCUT2D eigenvalue weighted by molar-refractivity contribution is 0.429. The van der Waals surface area contributed by atoms with E-state index in [2.05, 4.69) is 35.8 Å². The molecule has 0 nitrogen and oxygen atoms in total. The second kappa shape index (κ2) is 7.25. The second-order valence-corrected chi connectivity index (χ2v) is 7.02. The molecule has 1 aromatic heterocycles. The molecule has 0 amide bonds. The van der Waals surface area contributed by atoms with E-state index < -0.39 is 0 Å². The molecule has 0 spiro atoms. The van der Waals surface area contributed by atoms with E-state index in [1.54, 1.807) is 11.3 Å². The van der Waals surface area contributed by atoms with Gasteiger partial charge in [-0.15, -0.1) is 22.9 Å². The standard InChI is InChI=1S/C12H17BrCl2S/c1-3-5-8(6-4-2)11(14)10-7-9(13)12(15)16-10/h7-8,11H,3-6H2,1-2H3. The van der Waals surface area contributed by atoms with Gasteiger partial charge in [-0.05, 0) is 40.8 Å². The molecule has 16 heavy (non-hydrogen) atoms. The van der Waals surface area contributed by atoms with Crippen LogP contribution in [0.15, 0.2) is 10.5 Å². The molecule has 4 heteroatoms. The van der Waals surface area contributed by atoms with Gasteiger partial charge in [-0.3, -0.25) is 0 Å². The van der Waals surface area contributed by atoms with Crippen molar-refractivity contribution in [3.63, 3.8) is 0 Å². The predicted molar refractivity (Wildman–Crippen MR) is 78.9 cm³/mol. The molecule has 0 N–H and O–H groups in total. The van der Waals surface area contributed by atoms with Crippen LogP contribution in [-0.4, -0.2) is 0 Å².